The highest BCUT2D eigenvalue weighted by atomic mass is 16.7. The summed E-state index contributed by atoms with van der Waals surface area (Å²) >= 11 is 0. The summed E-state index contributed by atoms with van der Waals surface area (Å²) in [6, 6.07) is 4.28. The Balaban J connectivity index is 1.41. The van der Waals surface area contributed by atoms with E-state index in [0.29, 0.717) is 28.9 Å². The number of nitrogens with two attached hydrogens (primary N) is 1. The van der Waals surface area contributed by atoms with E-state index < -0.39 is 41.1 Å². The second-order valence-corrected chi connectivity index (χ2v) is 11.5. The quantitative estimate of drug-likeness (QED) is 0.128. The summed E-state index contributed by atoms with van der Waals surface area (Å²) in [4.78, 5) is 46.7. The van der Waals surface area contributed by atoms with Gasteiger partial charge in [-0.3, -0.25) is 14.7 Å². The minimum atomic E-state index is -3.55. The number of rotatable bonds is 8. The van der Waals surface area contributed by atoms with E-state index in [1.807, 2.05) is 19.9 Å². The molecule has 4 aromatic heterocycles. The van der Waals surface area contributed by atoms with E-state index in [1.54, 1.807) is 10.7 Å². The normalized spacial score (nSPS) is 25.0. The van der Waals surface area contributed by atoms with Gasteiger partial charge in [-0.1, -0.05) is 13.8 Å². The Kier molecular flexibility index (Phi) is 6.69. The number of alkyl carbamates (subject to hydrolysis) is 1. The molecular formula is C27H33N9O8. The molecule has 0 radical (unpaired) electrons. The predicted molar refractivity (Wildman–Crippen MR) is 153 cm³/mol. The van der Waals surface area contributed by atoms with Crippen LogP contribution in [0.3, 0.4) is 0 Å². The molecule has 0 saturated heterocycles. The number of ether oxygens (including phenoxy) is 1. The number of anilines is 2. The fraction of sp³-hybridized carbons (Fsp3) is 0.481. The van der Waals surface area contributed by atoms with Gasteiger partial charge < -0.3 is 36.2 Å². The smallest absolute Gasteiger partial charge is 0.409 e. The minimum Gasteiger partial charge on any atom is -0.453 e. The molecule has 6 rings (SSSR count). The van der Waals surface area contributed by atoms with Crippen molar-refractivity contribution in [3.8, 4) is 0 Å². The zero-order valence-electron chi connectivity index (χ0n) is 24.2. The van der Waals surface area contributed by atoms with E-state index in [-0.39, 0.29) is 42.0 Å². The van der Waals surface area contributed by atoms with Gasteiger partial charge in [0.05, 0.1) is 30.0 Å². The van der Waals surface area contributed by atoms with E-state index in [0.717, 1.165) is 18.2 Å². The highest BCUT2D eigenvalue weighted by Gasteiger charge is 2.60. The second-order valence-electron chi connectivity index (χ2n) is 11.5. The number of pyridine rings is 2. The average Bonchev–Trinajstić information content (AvgIpc) is 3.20. The molecule has 2 amide bonds. The first-order valence-corrected chi connectivity index (χ1v) is 14.1. The van der Waals surface area contributed by atoms with Crippen LogP contribution in [0.25, 0.3) is 22.1 Å². The molecule has 8 N–H and O–H groups in total. The maximum Gasteiger partial charge on any atom is 0.409 e. The zero-order chi connectivity index (χ0) is 31.8. The first-order valence-electron chi connectivity index (χ1n) is 14.1. The lowest BCUT2D eigenvalue weighted by Crippen LogP contribution is -2.47. The maximum atomic E-state index is 13.4. The number of methoxy groups -OCH3 is 1. The summed E-state index contributed by atoms with van der Waals surface area (Å²) in [6.45, 7) is 3.88. The third-order valence-electron chi connectivity index (χ3n) is 8.68. The standard InChI is InChI=1S/C27H33N9O8/c1-4-16-15-5-6-19(31-21(15)36(33-16)26(22(28)37)10-13(26)2)30-20-9-17-18(12-29-20)35(27(41,42)43)24(39)34(17)14-7-8-25(40,11-14)32-23(38)44-3/h5-6,9,12-14,40-43H,4,7-8,10-11H2,1-3H3,(H2,28,37)(H,32,38)(H,29,30,31). The number of hydrogen-bond donors (Lipinski definition) is 7. The van der Waals surface area contributed by atoms with Gasteiger partial charge in [-0.25, -0.2) is 28.8 Å². The van der Waals surface area contributed by atoms with Gasteiger partial charge in [-0.15, -0.1) is 0 Å². The second kappa shape index (κ2) is 9.98. The van der Waals surface area contributed by atoms with Crippen LogP contribution in [0.15, 0.2) is 29.2 Å². The Morgan fingerprint density at radius 1 is 1.20 bits per heavy atom. The van der Waals surface area contributed by atoms with Crippen LogP contribution in [0.5, 0.6) is 0 Å². The Labute approximate surface area is 248 Å². The molecule has 17 nitrogen and oxygen atoms in total. The fourth-order valence-corrected chi connectivity index (χ4v) is 6.35. The number of imidazole rings is 1. The molecule has 0 aliphatic heterocycles. The minimum absolute atomic E-state index is 0.0104. The predicted octanol–water partition coefficient (Wildman–Crippen LogP) is -0.217. The van der Waals surface area contributed by atoms with Gasteiger partial charge in [0.1, 0.15) is 22.9 Å². The Morgan fingerprint density at radius 2 is 1.93 bits per heavy atom. The molecular weight excluding hydrogens is 578 g/mol. The highest BCUT2D eigenvalue weighted by molar-refractivity contribution is 5.90. The van der Waals surface area contributed by atoms with Crippen LogP contribution in [0.4, 0.5) is 16.4 Å². The number of fused-ring (bicyclic) bond motifs is 2. The summed E-state index contributed by atoms with van der Waals surface area (Å²) < 4.78 is 7.74. The van der Waals surface area contributed by atoms with Crippen molar-refractivity contribution in [3.63, 3.8) is 0 Å². The van der Waals surface area contributed by atoms with Crippen LogP contribution in [0.2, 0.25) is 0 Å². The fourth-order valence-electron chi connectivity index (χ4n) is 6.35. The van der Waals surface area contributed by atoms with Crippen LogP contribution in [-0.4, -0.2) is 74.1 Å². The van der Waals surface area contributed by atoms with Crippen LogP contribution in [-0.2, 0) is 27.6 Å². The van der Waals surface area contributed by atoms with Crippen LogP contribution in [0, 0.1) is 5.92 Å². The molecule has 44 heavy (non-hydrogen) atoms. The Bertz CT molecular complexity index is 1870. The van der Waals surface area contributed by atoms with E-state index in [9.17, 15) is 34.8 Å². The van der Waals surface area contributed by atoms with Crippen molar-refractivity contribution in [2.75, 3.05) is 12.4 Å². The summed E-state index contributed by atoms with van der Waals surface area (Å²) in [7, 11) is 1.15. The molecule has 17 heteroatoms. The SMILES string of the molecule is CCc1nn(C2(C(N)=O)CC2C)c2nc(Nc3cc4c(cn3)n(C(O)(O)O)c(=O)n4C3CCC(O)(NC(=O)OC)C3)ccc12. The van der Waals surface area contributed by atoms with Crippen molar-refractivity contribution in [1.82, 2.24) is 34.2 Å². The van der Waals surface area contributed by atoms with Gasteiger partial charge in [0, 0.05) is 23.9 Å². The first-order chi connectivity index (χ1) is 20.7. The number of hydrogen-bond acceptors (Lipinski definition) is 12. The van der Waals surface area contributed by atoms with E-state index in [4.69, 9.17) is 10.7 Å². The van der Waals surface area contributed by atoms with E-state index in [2.05, 4.69) is 25.5 Å². The highest BCUT2D eigenvalue weighted by Crippen LogP contribution is 2.51. The van der Waals surface area contributed by atoms with E-state index >= 15 is 0 Å². The van der Waals surface area contributed by atoms with Crippen molar-refractivity contribution >= 4 is 45.7 Å². The first kappa shape index (κ1) is 29.5. The number of aliphatic hydroxyl groups is 4. The van der Waals surface area contributed by atoms with Crippen LogP contribution < -0.4 is 22.1 Å². The third kappa shape index (κ3) is 4.55. The van der Waals surface area contributed by atoms with Gasteiger partial charge in [0.25, 0.3) is 0 Å². The molecule has 0 spiro atoms. The number of aryl methyl sites for hydroxylation is 1. The number of aromatic nitrogens is 6. The van der Waals surface area contributed by atoms with Crippen molar-refractivity contribution < 1.29 is 34.8 Å². The lowest BCUT2D eigenvalue weighted by molar-refractivity contribution is -0.374. The Hall–Kier alpha value is -4.58. The van der Waals surface area contributed by atoms with Gasteiger partial charge in [-0.05, 0) is 43.7 Å². The van der Waals surface area contributed by atoms with Gasteiger partial charge in [-0.2, -0.15) is 5.10 Å². The number of nitrogens with one attached hydrogen (secondary N) is 2. The van der Waals surface area contributed by atoms with Crippen molar-refractivity contribution in [1.29, 1.82) is 0 Å². The van der Waals surface area contributed by atoms with E-state index in [1.165, 1.54) is 16.8 Å². The van der Waals surface area contributed by atoms with Crippen molar-refractivity contribution in [2.24, 2.45) is 11.7 Å². The number of amides is 2. The molecule has 4 unspecified atom stereocenters. The number of carbonyl (C=O) groups excluding carboxylic acids is 2. The number of nitrogens with zero attached hydrogens (tertiary/aromatic N) is 6. The maximum absolute atomic E-state index is 13.4. The summed E-state index contributed by atoms with van der Waals surface area (Å²) in [5, 5.41) is 51.8. The summed E-state index contributed by atoms with van der Waals surface area (Å²) in [6.07, 6.45) is -1.88. The number of primary amides is 1. The lowest BCUT2D eigenvalue weighted by Gasteiger charge is -2.23. The van der Waals surface area contributed by atoms with Crippen molar-refractivity contribution in [2.45, 2.75) is 69.4 Å². The largest absolute Gasteiger partial charge is 0.453 e. The third-order valence-corrected chi connectivity index (χ3v) is 8.68. The Morgan fingerprint density at radius 3 is 2.55 bits per heavy atom. The lowest BCUT2D eigenvalue weighted by atomic mass is 10.2. The molecule has 2 aliphatic carbocycles. The van der Waals surface area contributed by atoms with Crippen LogP contribution in [0.1, 0.15) is 51.3 Å². The molecule has 234 valence electrons. The molecule has 2 fully saturated rings. The molecule has 0 bridgehead atoms. The van der Waals surface area contributed by atoms with Gasteiger partial charge in [0.2, 0.25) is 5.91 Å². The molecule has 2 saturated carbocycles. The topological polar surface area (TPSA) is 245 Å². The van der Waals surface area contributed by atoms with Gasteiger partial charge in [0.15, 0.2) is 5.65 Å². The summed E-state index contributed by atoms with van der Waals surface area (Å²) in [5.74, 6) is 0.0542. The number of carbonyl (C=O) groups is 2. The molecule has 0 aromatic carbocycles. The molecule has 4 heterocycles. The molecule has 4 atom stereocenters. The molecule has 4 aromatic rings. The average molecular weight is 612 g/mol. The van der Waals surface area contributed by atoms with Gasteiger partial charge >= 0.3 is 17.9 Å². The summed E-state index contributed by atoms with van der Waals surface area (Å²) in [5.41, 5.74) is 3.43. The van der Waals surface area contributed by atoms with Crippen molar-refractivity contribution in [3.05, 3.63) is 40.6 Å². The molecule has 2 aliphatic rings. The zero-order valence-corrected chi connectivity index (χ0v) is 24.2. The van der Waals surface area contributed by atoms with Crippen LogP contribution >= 0.6 is 0 Å². The monoisotopic (exact) mass is 611 g/mol.